The number of halogens is 3. The Morgan fingerprint density at radius 3 is 2.59 bits per heavy atom. The number of hydrogen-bond donors (Lipinski definition) is 1. The highest BCUT2D eigenvalue weighted by Gasteiger charge is 2.33. The average molecular weight is 248 g/mol. The molecule has 0 aliphatic carbocycles. The van der Waals surface area contributed by atoms with Crippen molar-refractivity contribution in [1.29, 1.82) is 0 Å². The van der Waals surface area contributed by atoms with Crippen molar-refractivity contribution in [1.82, 2.24) is 9.88 Å². The Morgan fingerprint density at radius 2 is 2.12 bits per heavy atom. The van der Waals surface area contributed by atoms with Crippen molar-refractivity contribution >= 4 is 5.91 Å². The summed E-state index contributed by atoms with van der Waals surface area (Å²) in [6, 6.07) is 4.38. The van der Waals surface area contributed by atoms with Gasteiger partial charge in [-0.3, -0.25) is 9.78 Å². The van der Waals surface area contributed by atoms with Crippen LogP contribution in [0.15, 0.2) is 24.4 Å². The molecule has 1 N–H and O–H groups in total. The fraction of sp³-hybridized carbons (Fsp3) is 0.400. The van der Waals surface area contributed by atoms with Gasteiger partial charge in [0.15, 0.2) is 0 Å². The molecule has 0 aliphatic heterocycles. The highest BCUT2D eigenvalue weighted by Crippen LogP contribution is 2.17. The zero-order valence-electron chi connectivity index (χ0n) is 8.81. The zero-order valence-corrected chi connectivity index (χ0v) is 8.81. The molecule has 0 radical (unpaired) electrons. The molecule has 1 aromatic heterocycles. The minimum absolute atomic E-state index is 0.0785. The molecule has 0 saturated heterocycles. The van der Waals surface area contributed by atoms with Gasteiger partial charge < -0.3 is 10.0 Å². The highest BCUT2D eigenvalue weighted by molar-refractivity contribution is 5.92. The average Bonchev–Trinajstić information content (AvgIpc) is 2.27. The van der Waals surface area contributed by atoms with Crippen molar-refractivity contribution in [3.63, 3.8) is 0 Å². The highest BCUT2D eigenvalue weighted by atomic mass is 19.4. The van der Waals surface area contributed by atoms with Crippen molar-refractivity contribution in [2.75, 3.05) is 19.7 Å². The number of aliphatic hydroxyl groups excluding tert-OH is 1. The van der Waals surface area contributed by atoms with Gasteiger partial charge in [0, 0.05) is 12.7 Å². The molecule has 94 valence electrons. The van der Waals surface area contributed by atoms with E-state index in [-0.39, 0.29) is 12.2 Å². The van der Waals surface area contributed by atoms with Crippen LogP contribution in [0.3, 0.4) is 0 Å². The number of aliphatic hydroxyl groups is 1. The third-order valence-corrected chi connectivity index (χ3v) is 1.91. The smallest absolute Gasteiger partial charge is 0.395 e. The van der Waals surface area contributed by atoms with Crippen molar-refractivity contribution in [3.8, 4) is 0 Å². The van der Waals surface area contributed by atoms with E-state index in [2.05, 4.69) is 4.98 Å². The third kappa shape index (κ3) is 4.39. The van der Waals surface area contributed by atoms with Gasteiger partial charge in [-0.2, -0.15) is 13.2 Å². The standard InChI is InChI=1S/C10H11F3N2O2/c11-10(12,13)7-15(5-6-16)9(17)8-3-1-2-4-14-8/h1-4,16H,5-7H2. The number of aromatic nitrogens is 1. The summed E-state index contributed by atoms with van der Waals surface area (Å²) in [5.74, 6) is -0.850. The molecule has 0 spiro atoms. The first-order chi connectivity index (χ1) is 7.94. The number of hydrogen-bond acceptors (Lipinski definition) is 3. The van der Waals surface area contributed by atoms with Crippen LogP contribution < -0.4 is 0 Å². The summed E-state index contributed by atoms with van der Waals surface area (Å²) in [6.07, 6.45) is -3.18. The second-order valence-corrected chi connectivity index (χ2v) is 3.28. The van der Waals surface area contributed by atoms with Gasteiger partial charge >= 0.3 is 6.18 Å². The van der Waals surface area contributed by atoms with Gasteiger partial charge in [0.05, 0.1) is 6.61 Å². The fourth-order valence-corrected chi connectivity index (χ4v) is 1.24. The maximum absolute atomic E-state index is 12.2. The monoisotopic (exact) mass is 248 g/mol. The lowest BCUT2D eigenvalue weighted by atomic mass is 10.3. The summed E-state index contributed by atoms with van der Waals surface area (Å²) in [5, 5.41) is 8.65. The quantitative estimate of drug-likeness (QED) is 0.867. The number of carbonyl (C=O) groups excluding carboxylic acids is 1. The minimum atomic E-state index is -4.50. The number of carbonyl (C=O) groups is 1. The van der Waals surface area contributed by atoms with Crippen LogP contribution >= 0.6 is 0 Å². The van der Waals surface area contributed by atoms with Crippen LogP contribution in [0.5, 0.6) is 0 Å². The Balaban J connectivity index is 2.81. The Morgan fingerprint density at radius 1 is 1.41 bits per heavy atom. The summed E-state index contributed by atoms with van der Waals surface area (Å²) in [6.45, 7) is -2.31. The minimum Gasteiger partial charge on any atom is -0.395 e. The first-order valence-corrected chi connectivity index (χ1v) is 4.82. The Bertz CT molecular complexity index is 368. The van der Waals surface area contributed by atoms with E-state index in [9.17, 15) is 18.0 Å². The van der Waals surface area contributed by atoms with E-state index in [1.54, 1.807) is 6.07 Å². The van der Waals surface area contributed by atoms with Gasteiger partial charge in [-0.25, -0.2) is 0 Å². The van der Waals surface area contributed by atoms with E-state index in [0.717, 1.165) is 0 Å². The van der Waals surface area contributed by atoms with E-state index >= 15 is 0 Å². The van der Waals surface area contributed by atoms with E-state index in [1.807, 2.05) is 0 Å². The molecule has 0 aromatic carbocycles. The molecule has 0 atom stereocenters. The number of alkyl halides is 3. The number of pyridine rings is 1. The molecule has 0 aliphatic rings. The lowest BCUT2D eigenvalue weighted by Gasteiger charge is -2.22. The lowest BCUT2D eigenvalue weighted by Crippen LogP contribution is -2.40. The topological polar surface area (TPSA) is 53.4 Å². The van der Waals surface area contributed by atoms with Gasteiger partial charge in [0.1, 0.15) is 12.2 Å². The Hall–Kier alpha value is -1.63. The molecule has 4 nitrogen and oxygen atoms in total. The first-order valence-electron chi connectivity index (χ1n) is 4.82. The molecule has 1 rings (SSSR count). The van der Waals surface area contributed by atoms with Crippen LogP contribution in [0.4, 0.5) is 13.2 Å². The van der Waals surface area contributed by atoms with Crippen LogP contribution in [0.1, 0.15) is 10.5 Å². The van der Waals surface area contributed by atoms with Crippen LogP contribution in [0, 0.1) is 0 Å². The van der Waals surface area contributed by atoms with Gasteiger partial charge in [-0.05, 0) is 12.1 Å². The maximum atomic E-state index is 12.2. The van der Waals surface area contributed by atoms with Gasteiger partial charge in [0.2, 0.25) is 0 Å². The Kier molecular flexibility index (Phi) is 4.45. The number of rotatable bonds is 4. The van der Waals surface area contributed by atoms with Crippen LogP contribution in [-0.4, -0.2) is 46.8 Å². The van der Waals surface area contributed by atoms with Gasteiger partial charge in [-0.15, -0.1) is 0 Å². The molecule has 0 bridgehead atoms. The van der Waals surface area contributed by atoms with Crippen molar-refractivity contribution in [2.45, 2.75) is 6.18 Å². The molecule has 1 amide bonds. The molecular weight excluding hydrogens is 237 g/mol. The van der Waals surface area contributed by atoms with Crippen LogP contribution in [-0.2, 0) is 0 Å². The van der Waals surface area contributed by atoms with Gasteiger partial charge in [-0.1, -0.05) is 6.07 Å². The van der Waals surface area contributed by atoms with Crippen molar-refractivity contribution < 1.29 is 23.1 Å². The van der Waals surface area contributed by atoms with Crippen LogP contribution in [0.25, 0.3) is 0 Å². The normalized spacial score (nSPS) is 11.3. The summed E-state index contributed by atoms with van der Waals surface area (Å²) in [7, 11) is 0. The second-order valence-electron chi connectivity index (χ2n) is 3.28. The summed E-state index contributed by atoms with van der Waals surface area (Å²) < 4.78 is 36.6. The number of nitrogens with zero attached hydrogens (tertiary/aromatic N) is 2. The predicted molar refractivity (Wildman–Crippen MR) is 53.3 cm³/mol. The molecule has 0 unspecified atom stereocenters. The molecule has 1 aromatic rings. The predicted octanol–water partition coefficient (Wildman–Crippen LogP) is 1.08. The van der Waals surface area contributed by atoms with E-state index in [1.165, 1.54) is 18.3 Å². The SMILES string of the molecule is O=C(c1ccccn1)N(CCO)CC(F)(F)F. The van der Waals surface area contributed by atoms with Crippen molar-refractivity contribution in [3.05, 3.63) is 30.1 Å². The largest absolute Gasteiger partial charge is 0.406 e. The summed E-state index contributed by atoms with van der Waals surface area (Å²) >= 11 is 0. The molecule has 0 fully saturated rings. The molecule has 0 saturated carbocycles. The van der Waals surface area contributed by atoms with E-state index in [4.69, 9.17) is 5.11 Å². The summed E-state index contributed by atoms with van der Waals surface area (Å²) in [4.78, 5) is 15.9. The van der Waals surface area contributed by atoms with Crippen molar-refractivity contribution in [2.24, 2.45) is 0 Å². The molecule has 1 heterocycles. The maximum Gasteiger partial charge on any atom is 0.406 e. The van der Waals surface area contributed by atoms with Crippen LogP contribution in [0.2, 0.25) is 0 Å². The lowest BCUT2D eigenvalue weighted by molar-refractivity contribution is -0.141. The molecule has 7 heteroatoms. The fourth-order valence-electron chi connectivity index (χ4n) is 1.24. The second kappa shape index (κ2) is 5.62. The Labute approximate surface area is 95.7 Å². The third-order valence-electron chi connectivity index (χ3n) is 1.91. The molecule has 17 heavy (non-hydrogen) atoms. The first kappa shape index (κ1) is 13.4. The number of amides is 1. The van der Waals surface area contributed by atoms with E-state index < -0.39 is 25.2 Å². The van der Waals surface area contributed by atoms with Gasteiger partial charge in [0.25, 0.3) is 5.91 Å². The molecular formula is C10H11F3N2O2. The van der Waals surface area contributed by atoms with E-state index in [0.29, 0.717) is 4.90 Å². The summed E-state index contributed by atoms with van der Waals surface area (Å²) in [5.41, 5.74) is -0.0785. The zero-order chi connectivity index (χ0) is 12.9.